The topological polar surface area (TPSA) is 83.1 Å². The van der Waals surface area contributed by atoms with Crippen molar-refractivity contribution in [2.24, 2.45) is 10.7 Å². The van der Waals surface area contributed by atoms with Gasteiger partial charge in [-0.25, -0.2) is 0 Å². The molecule has 0 amide bonds. The van der Waals surface area contributed by atoms with Crippen molar-refractivity contribution in [2.45, 2.75) is 5.97 Å². The molecule has 6 heteroatoms. The highest BCUT2D eigenvalue weighted by molar-refractivity contribution is 6.14. The van der Waals surface area contributed by atoms with Gasteiger partial charge in [-0.15, -0.1) is 0 Å². The lowest BCUT2D eigenvalue weighted by molar-refractivity contribution is 0.0859. The first kappa shape index (κ1) is 14.4. The van der Waals surface area contributed by atoms with E-state index in [1.54, 1.807) is 7.11 Å². The fourth-order valence-corrected chi connectivity index (χ4v) is 2.42. The summed E-state index contributed by atoms with van der Waals surface area (Å²) in [7, 11) is 3.50. The van der Waals surface area contributed by atoms with Crippen molar-refractivity contribution in [1.29, 1.82) is 0 Å². The normalized spacial score (nSPS) is 19.7. The number of hydrogen-bond donors (Lipinski definition) is 3. The van der Waals surface area contributed by atoms with Crippen LogP contribution in [0.15, 0.2) is 53.5 Å². The maximum absolute atomic E-state index is 10.1. The molecule has 4 N–H and O–H groups in total. The SMILES string of the molecule is COc1ccc(N(C)C2=NC(N)(O)Nc3ccccc32)cc1. The second-order valence-corrected chi connectivity index (χ2v) is 5.09. The van der Waals surface area contributed by atoms with Crippen LogP contribution in [0.5, 0.6) is 5.75 Å². The molecule has 3 rings (SSSR count). The van der Waals surface area contributed by atoms with Crippen molar-refractivity contribution in [3.05, 3.63) is 54.1 Å². The number of aliphatic hydroxyl groups is 1. The molecule has 1 heterocycles. The van der Waals surface area contributed by atoms with Gasteiger partial charge in [0.1, 0.15) is 11.6 Å². The minimum Gasteiger partial charge on any atom is -0.497 e. The lowest BCUT2D eigenvalue weighted by Gasteiger charge is -2.33. The zero-order chi connectivity index (χ0) is 15.7. The molecule has 1 atom stereocenters. The maximum Gasteiger partial charge on any atom is 0.297 e. The van der Waals surface area contributed by atoms with Crippen LogP contribution in [0, 0.1) is 0 Å². The summed E-state index contributed by atoms with van der Waals surface area (Å²) < 4.78 is 5.16. The van der Waals surface area contributed by atoms with Gasteiger partial charge in [-0.1, -0.05) is 12.1 Å². The Labute approximate surface area is 128 Å². The molecule has 6 nitrogen and oxygen atoms in total. The van der Waals surface area contributed by atoms with Crippen LogP contribution >= 0.6 is 0 Å². The monoisotopic (exact) mass is 298 g/mol. The summed E-state index contributed by atoms with van der Waals surface area (Å²) in [5.74, 6) is -0.464. The summed E-state index contributed by atoms with van der Waals surface area (Å²) in [6.07, 6.45) is 0. The van der Waals surface area contributed by atoms with Crippen LogP contribution in [0.3, 0.4) is 0 Å². The van der Waals surface area contributed by atoms with Gasteiger partial charge in [0.05, 0.1) is 7.11 Å². The summed E-state index contributed by atoms with van der Waals surface area (Å²) in [6.45, 7) is 0. The first-order chi connectivity index (χ1) is 10.5. The molecule has 0 aliphatic carbocycles. The number of hydrogen-bond acceptors (Lipinski definition) is 6. The van der Waals surface area contributed by atoms with E-state index >= 15 is 0 Å². The first-order valence-electron chi connectivity index (χ1n) is 6.87. The van der Waals surface area contributed by atoms with E-state index in [0.717, 1.165) is 22.7 Å². The predicted octanol–water partition coefficient (Wildman–Crippen LogP) is 1.57. The number of nitrogens with two attached hydrogens (primary N) is 1. The number of aliphatic imine (C=N–C) groups is 1. The van der Waals surface area contributed by atoms with Crippen LogP contribution in [0.2, 0.25) is 0 Å². The molecular weight excluding hydrogens is 280 g/mol. The van der Waals surface area contributed by atoms with Gasteiger partial charge < -0.3 is 20.1 Å². The van der Waals surface area contributed by atoms with E-state index in [1.807, 2.05) is 60.5 Å². The van der Waals surface area contributed by atoms with Gasteiger partial charge in [-0.3, -0.25) is 5.73 Å². The molecule has 0 aromatic heterocycles. The van der Waals surface area contributed by atoms with Gasteiger partial charge in [-0.05, 0) is 36.4 Å². The van der Waals surface area contributed by atoms with Crippen LogP contribution in [-0.2, 0) is 0 Å². The molecular formula is C16H18N4O2. The summed E-state index contributed by atoms with van der Waals surface area (Å²) in [4.78, 5) is 6.08. The van der Waals surface area contributed by atoms with E-state index in [0.29, 0.717) is 5.84 Å². The minimum absolute atomic E-state index is 0.588. The van der Waals surface area contributed by atoms with Crippen molar-refractivity contribution >= 4 is 17.2 Å². The average Bonchev–Trinajstić information content (AvgIpc) is 2.52. The molecule has 0 saturated carbocycles. The van der Waals surface area contributed by atoms with E-state index in [4.69, 9.17) is 10.5 Å². The Kier molecular flexibility index (Phi) is 3.48. The third kappa shape index (κ3) is 2.61. The van der Waals surface area contributed by atoms with E-state index in [9.17, 15) is 5.11 Å². The third-order valence-corrected chi connectivity index (χ3v) is 3.54. The highest BCUT2D eigenvalue weighted by Gasteiger charge is 2.30. The molecule has 0 spiro atoms. The zero-order valence-electron chi connectivity index (χ0n) is 12.4. The average molecular weight is 298 g/mol. The maximum atomic E-state index is 10.1. The van der Waals surface area contributed by atoms with Gasteiger partial charge in [0.15, 0.2) is 0 Å². The van der Waals surface area contributed by atoms with E-state index in [1.165, 1.54) is 0 Å². The smallest absolute Gasteiger partial charge is 0.297 e. The summed E-state index contributed by atoms with van der Waals surface area (Å²) in [6, 6.07) is 15.1. The summed E-state index contributed by atoms with van der Waals surface area (Å²) in [5, 5.41) is 12.9. The minimum atomic E-state index is -1.83. The first-order valence-corrected chi connectivity index (χ1v) is 6.87. The molecule has 22 heavy (non-hydrogen) atoms. The fourth-order valence-electron chi connectivity index (χ4n) is 2.42. The quantitative estimate of drug-likeness (QED) is 0.733. The molecule has 0 saturated heterocycles. The standard InChI is InChI=1S/C16H18N4O2/c1-20(11-7-9-12(22-2)10-8-11)15-13-5-3-4-6-14(13)18-16(17,21)19-15/h3-10,18,21H,17H2,1-2H3. The predicted molar refractivity (Wildman–Crippen MR) is 87.1 cm³/mol. The largest absolute Gasteiger partial charge is 0.497 e. The summed E-state index contributed by atoms with van der Waals surface area (Å²) in [5.41, 5.74) is 8.27. The van der Waals surface area contributed by atoms with Crippen molar-refractivity contribution in [2.75, 3.05) is 24.4 Å². The van der Waals surface area contributed by atoms with Gasteiger partial charge in [-0.2, -0.15) is 4.99 Å². The Balaban J connectivity index is 2.02. The Morgan fingerprint density at radius 2 is 1.86 bits per heavy atom. The highest BCUT2D eigenvalue weighted by Crippen LogP contribution is 2.28. The molecule has 2 aromatic carbocycles. The van der Waals surface area contributed by atoms with Crippen molar-refractivity contribution in [1.82, 2.24) is 0 Å². The summed E-state index contributed by atoms with van der Waals surface area (Å²) >= 11 is 0. The lowest BCUT2D eigenvalue weighted by atomic mass is 10.1. The number of para-hydroxylation sites is 1. The van der Waals surface area contributed by atoms with Crippen molar-refractivity contribution in [3.8, 4) is 5.75 Å². The molecule has 1 aliphatic heterocycles. The van der Waals surface area contributed by atoms with E-state index < -0.39 is 5.97 Å². The van der Waals surface area contributed by atoms with Gasteiger partial charge in [0, 0.05) is 24.0 Å². The highest BCUT2D eigenvalue weighted by atomic mass is 16.5. The van der Waals surface area contributed by atoms with E-state index in [-0.39, 0.29) is 0 Å². The zero-order valence-corrected chi connectivity index (χ0v) is 12.4. The van der Waals surface area contributed by atoms with Gasteiger partial charge in [0.25, 0.3) is 5.97 Å². The molecule has 0 radical (unpaired) electrons. The molecule has 0 bridgehead atoms. The molecule has 2 aromatic rings. The van der Waals surface area contributed by atoms with Gasteiger partial charge in [0.2, 0.25) is 0 Å². The second kappa shape index (κ2) is 5.32. The van der Waals surface area contributed by atoms with Crippen LogP contribution < -0.4 is 20.7 Å². The molecule has 1 unspecified atom stereocenters. The van der Waals surface area contributed by atoms with Crippen LogP contribution in [0.1, 0.15) is 5.56 Å². The van der Waals surface area contributed by atoms with Crippen LogP contribution in [0.25, 0.3) is 0 Å². The van der Waals surface area contributed by atoms with Crippen LogP contribution in [-0.4, -0.2) is 31.1 Å². The van der Waals surface area contributed by atoms with E-state index in [2.05, 4.69) is 10.3 Å². The number of amidine groups is 1. The number of nitrogens with zero attached hydrogens (tertiary/aromatic N) is 2. The number of anilines is 2. The second-order valence-electron chi connectivity index (χ2n) is 5.09. The molecule has 1 aliphatic rings. The lowest BCUT2D eigenvalue weighted by Crippen LogP contribution is -2.51. The van der Waals surface area contributed by atoms with Gasteiger partial charge >= 0.3 is 0 Å². The Bertz CT molecular complexity index is 710. The molecule has 0 fully saturated rings. The van der Waals surface area contributed by atoms with Crippen molar-refractivity contribution in [3.63, 3.8) is 0 Å². The van der Waals surface area contributed by atoms with Crippen molar-refractivity contribution < 1.29 is 9.84 Å². The third-order valence-electron chi connectivity index (χ3n) is 3.54. The number of fused-ring (bicyclic) bond motifs is 1. The molecule has 114 valence electrons. The number of benzene rings is 2. The Morgan fingerprint density at radius 3 is 2.55 bits per heavy atom. The number of rotatable bonds is 2. The number of nitrogens with one attached hydrogen (secondary N) is 1. The van der Waals surface area contributed by atoms with Crippen LogP contribution in [0.4, 0.5) is 11.4 Å². The Hall–Kier alpha value is -2.57. The number of methoxy groups -OCH3 is 1. The Morgan fingerprint density at radius 1 is 1.18 bits per heavy atom. The number of ether oxygens (including phenoxy) is 1. The fraction of sp³-hybridized carbons (Fsp3) is 0.188.